The number of benzene rings is 5. The van der Waals surface area contributed by atoms with Crippen molar-refractivity contribution >= 4 is 16.6 Å². The van der Waals surface area contributed by atoms with Crippen LogP contribution in [-0.2, 0) is 12.1 Å². The highest BCUT2D eigenvalue weighted by atomic mass is 19.1. The number of aromatic nitrogens is 2. The smallest absolute Gasteiger partial charge is 0.270 e. The van der Waals surface area contributed by atoms with Gasteiger partial charge >= 0.3 is 0 Å². The van der Waals surface area contributed by atoms with Crippen LogP contribution >= 0.6 is 0 Å². The minimum atomic E-state index is -0.962. The van der Waals surface area contributed by atoms with Gasteiger partial charge in [-0.2, -0.15) is 5.10 Å². The molecule has 0 spiro atoms. The fraction of sp³-hybridized carbons (Fsp3) is 0.0606. The third-order valence-electron chi connectivity index (χ3n) is 7.26. The van der Waals surface area contributed by atoms with Crippen molar-refractivity contribution < 1.29 is 14.4 Å². The number of hydrogen-bond acceptors (Lipinski definition) is 4. The number of rotatable bonds is 7. The Morgan fingerprint density at radius 2 is 1.32 bits per heavy atom. The molecule has 40 heavy (non-hydrogen) atoms. The highest BCUT2D eigenvalue weighted by Gasteiger charge is 2.41. The van der Waals surface area contributed by atoms with Gasteiger partial charge < -0.3 is 5.11 Å². The summed E-state index contributed by atoms with van der Waals surface area (Å²) in [5.41, 5.74) is 3.54. The maximum Gasteiger partial charge on any atom is 0.270 e. The van der Waals surface area contributed by atoms with Crippen LogP contribution in [0.15, 0.2) is 127 Å². The first-order chi connectivity index (χ1) is 19.5. The second-order valence-corrected chi connectivity index (χ2v) is 9.49. The maximum atomic E-state index is 14.4. The molecular formula is C33H24FN3O3. The second-order valence-electron chi connectivity index (χ2n) is 9.49. The average molecular weight is 530 g/mol. The molecular weight excluding hydrogens is 505 g/mol. The molecule has 6 rings (SSSR count). The molecule has 0 unspecified atom stereocenters. The molecule has 0 aliphatic heterocycles. The third-order valence-corrected chi connectivity index (χ3v) is 7.26. The highest BCUT2D eigenvalue weighted by Crippen LogP contribution is 2.44. The summed E-state index contributed by atoms with van der Waals surface area (Å²) in [6.07, 6.45) is 0. The summed E-state index contributed by atoms with van der Waals surface area (Å²) < 4.78 is 16.3. The second kappa shape index (κ2) is 10.2. The number of aliphatic hydroxyl groups excluding tert-OH is 1. The van der Waals surface area contributed by atoms with E-state index in [0.717, 1.165) is 16.7 Å². The first-order valence-corrected chi connectivity index (χ1v) is 12.8. The van der Waals surface area contributed by atoms with Gasteiger partial charge in [0.1, 0.15) is 17.1 Å². The Morgan fingerprint density at radius 3 is 1.82 bits per heavy atom. The lowest BCUT2D eigenvalue weighted by molar-refractivity contribution is -0.384. The standard InChI is InChI=1S/C33H24FN3O3/c34-30-18-16-23(20-24(30)22-38)32-29-21-28(37(39)40)17-19-31(29)36(35-32)33(25-10-4-1-5-11-25,26-12-6-2-7-13-26)27-14-8-3-9-15-27/h1-21,38H,22H2. The van der Waals surface area contributed by atoms with Crippen LogP contribution in [0.4, 0.5) is 10.1 Å². The van der Waals surface area contributed by atoms with Gasteiger partial charge in [-0.1, -0.05) is 91.0 Å². The Labute approximate surface area is 229 Å². The Hall–Kier alpha value is -5.14. The van der Waals surface area contributed by atoms with Gasteiger partial charge in [-0.05, 0) is 41.0 Å². The Kier molecular flexibility index (Phi) is 6.42. The zero-order valence-electron chi connectivity index (χ0n) is 21.3. The van der Waals surface area contributed by atoms with E-state index in [-0.39, 0.29) is 11.3 Å². The van der Waals surface area contributed by atoms with Crippen molar-refractivity contribution in [2.24, 2.45) is 0 Å². The van der Waals surface area contributed by atoms with Crippen LogP contribution in [0.5, 0.6) is 0 Å². The molecule has 1 N–H and O–H groups in total. The van der Waals surface area contributed by atoms with Crippen LogP contribution in [0, 0.1) is 15.9 Å². The number of hydrogen-bond donors (Lipinski definition) is 1. The molecule has 6 nitrogen and oxygen atoms in total. The number of nitrogens with zero attached hydrogens (tertiary/aromatic N) is 3. The van der Waals surface area contributed by atoms with Crippen LogP contribution in [-0.4, -0.2) is 19.8 Å². The topological polar surface area (TPSA) is 81.2 Å². The molecule has 196 valence electrons. The quantitative estimate of drug-likeness (QED) is 0.136. The minimum Gasteiger partial charge on any atom is -0.392 e. The van der Waals surface area contributed by atoms with E-state index < -0.39 is 22.9 Å². The van der Waals surface area contributed by atoms with E-state index in [1.54, 1.807) is 12.1 Å². The Balaban J connectivity index is 1.79. The van der Waals surface area contributed by atoms with Crippen LogP contribution < -0.4 is 0 Å². The molecule has 0 radical (unpaired) electrons. The monoisotopic (exact) mass is 529 g/mol. The normalized spacial score (nSPS) is 11.6. The molecule has 0 atom stereocenters. The summed E-state index contributed by atoms with van der Waals surface area (Å²) in [6.45, 7) is -0.486. The van der Waals surface area contributed by atoms with Crippen molar-refractivity contribution in [3.8, 4) is 11.3 Å². The number of non-ortho nitro benzene ring substituents is 1. The third kappa shape index (κ3) is 4.04. The predicted molar refractivity (Wildman–Crippen MR) is 152 cm³/mol. The zero-order valence-corrected chi connectivity index (χ0v) is 21.3. The molecule has 1 heterocycles. The van der Waals surface area contributed by atoms with Crippen molar-refractivity contribution in [1.82, 2.24) is 9.78 Å². The van der Waals surface area contributed by atoms with Crippen LogP contribution in [0.1, 0.15) is 22.3 Å². The zero-order chi connectivity index (χ0) is 27.7. The van der Waals surface area contributed by atoms with E-state index in [0.29, 0.717) is 22.2 Å². The molecule has 0 saturated carbocycles. The van der Waals surface area contributed by atoms with Crippen molar-refractivity contribution in [2.75, 3.05) is 0 Å². The van der Waals surface area contributed by atoms with E-state index in [9.17, 15) is 19.6 Å². The molecule has 5 aromatic carbocycles. The van der Waals surface area contributed by atoms with Gasteiger partial charge in [0.05, 0.1) is 17.0 Å². The lowest BCUT2D eigenvalue weighted by atomic mass is 9.77. The van der Waals surface area contributed by atoms with Gasteiger partial charge in [0, 0.05) is 28.6 Å². The summed E-state index contributed by atoms with van der Waals surface area (Å²) in [5, 5.41) is 27.2. The molecule has 0 amide bonds. The van der Waals surface area contributed by atoms with Crippen molar-refractivity contribution in [3.05, 3.63) is 166 Å². The van der Waals surface area contributed by atoms with Crippen LogP contribution in [0.3, 0.4) is 0 Å². The molecule has 6 aromatic rings. The SMILES string of the molecule is O=[N+]([O-])c1ccc2c(c1)c(-c1ccc(F)c(CO)c1)nn2C(c1ccccc1)(c1ccccc1)c1ccccc1. The summed E-state index contributed by atoms with van der Waals surface area (Å²) >= 11 is 0. The molecule has 0 aliphatic carbocycles. The van der Waals surface area contributed by atoms with E-state index in [1.807, 2.05) is 95.7 Å². The number of nitro groups is 1. The summed E-state index contributed by atoms with van der Waals surface area (Å²) in [7, 11) is 0. The lowest BCUT2D eigenvalue weighted by Gasteiger charge is -2.37. The number of nitro benzene ring substituents is 1. The highest BCUT2D eigenvalue weighted by molar-refractivity contribution is 5.95. The van der Waals surface area contributed by atoms with E-state index in [4.69, 9.17) is 5.10 Å². The summed E-state index contributed by atoms with van der Waals surface area (Å²) in [4.78, 5) is 11.4. The van der Waals surface area contributed by atoms with Crippen molar-refractivity contribution in [3.63, 3.8) is 0 Å². The number of aliphatic hydroxyl groups is 1. The van der Waals surface area contributed by atoms with Crippen molar-refractivity contribution in [2.45, 2.75) is 12.1 Å². The van der Waals surface area contributed by atoms with E-state index in [2.05, 4.69) is 0 Å². The van der Waals surface area contributed by atoms with Crippen LogP contribution in [0.25, 0.3) is 22.2 Å². The summed E-state index contributed by atoms with van der Waals surface area (Å²) in [6, 6.07) is 39.0. The Morgan fingerprint density at radius 1 is 0.775 bits per heavy atom. The summed E-state index contributed by atoms with van der Waals surface area (Å²) in [5.74, 6) is -0.534. The maximum absolute atomic E-state index is 14.4. The molecule has 0 bridgehead atoms. The largest absolute Gasteiger partial charge is 0.392 e. The Bertz CT molecular complexity index is 1720. The minimum absolute atomic E-state index is 0.0810. The molecule has 7 heteroatoms. The predicted octanol–water partition coefficient (Wildman–Crippen LogP) is 7.08. The number of halogens is 1. The molecule has 1 aromatic heterocycles. The first-order valence-electron chi connectivity index (χ1n) is 12.8. The van der Waals surface area contributed by atoms with E-state index in [1.165, 1.54) is 24.3 Å². The molecule has 0 aliphatic rings. The fourth-order valence-electron chi connectivity index (χ4n) is 5.44. The molecule has 0 saturated heterocycles. The van der Waals surface area contributed by atoms with Gasteiger partial charge in [-0.15, -0.1) is 0 Å². The van der Waals surface area contributed by atoms with Gasteiger partial charge in [0.15, 0.2) is 0 Å². The number of fused-ring (bicyclic) bond motifs is 1. The first kappa shape index (κ1) is 25.2. The fourth-order valence-corrected chi connectivity index (χ4v) is 5.44. The van der Waals surface area contributed by atoms with Gasteiger partial charge in [0.25, 0.3) is 5.69 Å². The van der Waals surface area contributed by atoms with Gasteiger partial charge in [-0.3, -0.25) is 10.1 Å². The van der Waals surface area contributed by atoms with Gasteiger partial charge in [0.2, 0.25) is 0 Å². The average Bonchev–Trinajstić information content (AvgIpc) is 3.38. The molecule has 0 fully saturated rings. The van der Waals surface area contributed by atoms with Gasteiger partial charge in [-0.25, -0.2) is 9.07 Å². The van der Waals surface area contributed by atoms with Crippen LogP contribution in [0.2, 0.25) is 0 Å². The van der Waals surface area contributed by atoms with Crippen molar-refractivity contribution in [1.29, 1.82) is 0 Å². The van der Waals surface area contributed by atoms with E-state index >= 15 is 0 Å². The lowest BCUT2D eigenvalue weighted by Crippen LogP contribution is -2.38.